The van der Waals surface area contributed by atoms with Gasteiger partial charge in [-0.25, -0.2) is 0 Å². The van der Waals surface area contributed by atoms with Gasteiger partial charge in [0.25, 0.3) is 0 Å². The molecule has 0 spiro atoms. The SMILES string of the molecule is COC(=O)CNC(=O)Cc1ccc(NC(=O)C(C)(C)c2ccc(Br)cc2)cc1. The Bertz CT molecular complexity index is 846. The number of rotatable bonds is 7. The summed E-state index contributed by atoms with van der Waals surface area (Å²) in [6.07, 6.45) is 0.135. The van der Waals surface area contributed by atoms with E-state index in [4.69, 9.17) is 0 Å². The van der Waals surface area contributed by atoms with Crippen LogP contribution in [0.3, 0.4) is 0 Å². The fourth-order valence-corrected chi connectivity index (χ4v) is 2.75. The first-order chi connectivity index (χ1) is 13.2. The Balaban J connectivity index is 1.96. The molecule has 0 saturated carbocycles. The van der Waals surface area contributed by atoms with Crippen molar-refractivity contribution in [3.63, 3.8) is 0 Å². The number of carbonyl (C=O) groups excluding carboxylic acids is 3. The van der Waals surface area contributed by atoms with Gasteiger partial charge in [0.15, 0.2) is 0 Å². The van der Waals surface area contributed by atoms with Crippen LogP contribution in [0, 0.1) is 0 Å². The van der Waals surface area contributed by atoms with Crippen LogP contribution in [0.2, 0.25) is 0 Å². The number of benzene rings is 2. The van der Waals surface area contributed by atoms with Crippen molar-refractivity contribution in [3.8, 4) is 0 Å². The molecular formula is C21H23BrN2O4. The van der Waals surface area contributed by atoms with E-state index in [2.05, 4.69) is 31.3 Å². The standard InChI is InChI=1S/C21H23BrN2O4/c1-21(2,15-6-8-16(22)9-7-15)20(27)24-17-10-4-14(5-11-17)12-18(25)23-13-19(26)28-3/h4-11H,12-13H2,1-3H3,(H,23,25)(H,24,27). The summed E-state index contributed by atoms with van der Waals surface area (Å²) in [4.78, 5) is 35.6. The molecule has 0 aliphatic carbocycles. The molecule has 2 aromatic rings. The molecule has 0 fully saturated rings. The predicted octanol–water partition coefficient (Wildman–Crippen LogP) is 3.20. The molecule has 0 aliphatic rings. The molecule has 2 aromatic carbocycles. The number of ether oxygens (including phenoxy) is 1. The minimum atomic E-state index is -0.701. The molecule has 2 rings (SSSR count). The van der Waals surface area contributed by atoms with Crippen molar-refractivity contribution in [2.45, 2.75) is 25.7 Å². The average molecular weight is 447 g/mol. The molecule has 0 heterocycles. The van der Waals surface area contributed by atoms with Crippen LogP contribution in [0.15, 0.2) is 53.0 Å². The van der Waals surface area contributed by atoms with Gasteiger partial charge in [-0.05, 0) is 49.2 Å². The minimum absolute atomic E-state index is 0.126. The maximum Gasteiger partial charge on any atom is 0.325 e. The molecule has 7 heteroatoms. The quantitative estimate of drug-likeness (QED) is 0.639. The number of methoxy groups -OCH3 is 1. The second-order valence-corrected chi connectivity index (χ2v) is 7.73. The van der Waals surface area contributed by atoms with Gasteiger partial charge in [0.05, 0.1) is 18.9 Å². The van der Waals surface area contributed by atoms with E-state index in [1.165, 1.54) is 7.11 Å². The number of hydrogen-bond acceptors (Lipinski definition) is 4. The summed E-state index contributed by atoms with van der Waals surface area (Å²) >= 11 is 3.40. The highest BCUT2D eigenvalue weighted by molar-refractivity contribution is 9.10. The summed E-state index contributed by atoms with van der Waals surface area (Å²) in [5.74, 6) is -0.906. The average Bonchev–Trinajstić information content (AvgIpc) is 2.67. The highest BCUT2D eigenvalue weighted by Crippen LogP contribution is 2.26. The number of anilines is 1. The number of halogens is 1. The van der Waals surface area contributed by atoms with E-state index in [0.29, 0.717) is 5.69 Å². The Morgan fingerprint density at radius 2 is 1.61 bits per heavy atom. The normalized spacial score (nSPS) is 10.9. The lowest BCUT2D eigenvalue weighted by atomic mass is 9.83. The molecule has 0 aromatic heterocycles. The topological polar surface area (TPSA) is 84.5 Å². The highest BCUT2D eigenvalue weighted by Gasteiger charge is 2.29. The van der Waals surface area contributed by atoms with Crippen LogP contribution < -0.4 is 10.6 Å². The van der Waals surface area contributed by atoms with Crippen LogP contribution in [0.5, 0.6) is 0 Å². The number of carbonyl (C=O) groups is 3. The van der Waals surface area contributed by atoms with E-state index in [-0.39, 0.29) is 24.8 Å². The summed E-state index contributed by atoms with van der Waals surface area (Å²) < 4.78 is 5.43. The highest BCUT2D eigenvalue weighted by atomic mass is 79.9. The fourth-order valence-electron chi connectivity index (χ4n) is 2.48. The third-order valence-electron chi connectivity index (χ3n) is 4.37. The van der Waals surface area contributed by atoms with Gasteiger partial charge in [-0.1, -0.05) is 40.2 Å². The smallest absolute Gasteiger partial charge is 0.325 e. The van der Waals surface area contributed by atoms with E-state index >= 15 is 0 Å². The third kappa shape index (κ3) is 5.92. The summed E-state index contributed by atoms with van der Waals surface area (Å²) in [5, 5.41) is 5.40. The van der Waals surface area contributed by atoms with Crippen molar-refractivity contribution < 1.29 is 19.1 Å². The van der Waals surface area contributed by atoms with Gasteiger partial charge in [-0.2, -0.15) is 0 Å². The Labute approximate surface area is 172 Å². The Morgan fingerprint density at radius 3 is 2.18 bits per heavy atom. The Kier molecular flexibility index (Phi) is 7.34. The second kappa shape index (κ2) is 9.50. The Morgan fingerprint density at radius 1 is 1.00 bits per heavy atom. The number of hydrogen-bond donors (Lipinski definition) is 2. The van der Waals surface area contributed by atoms with Crippen molar-refractivity contribution in [1.29, 1.82) is 0 Å². The molecule has 28 heavy (non-hydrogen) atoms. The molecule has 0 unspecified atom stereocenters. The van der Waals surface area contributed by atoms with Crippen LogP contribution in [-0.4, -0.2) is 31.4 Å². The maximum absolute atomic E-state index is 12.7. The van der Waals surface area contributed by atoms with E-state index < -0.39 is 11.4 Å². The summed E-state index contributed by atoms with van der Waals surface area (Å²) in [5.41, 5.74) is 1.63. The zero-order valence-electron chi connectivity index (χ0n) is 16.0. The second-order valence-electron chi connectivity index (χ2n) is 6.81. The lowest BCUT2D eigenvalue weighted by Crippen LogP contribution is -2.34. The van der Waals surface area contributed by atoms with E-state index in [1.54, 1.807) is 24.3 Å². The lowest BCUT2D eigenvalue weighted by molar-refractivity contribution is -0.141. The fraction of sp³-hybridized carbons (Fsp3) is 0.286. The lowest BCUT2D eigenvalue weighted by Gasteiger charge is -2.24. The van der Waals surface area contributed by atoms with Crippen LogP contribution in [0.4, 0.5) is 5.69 Å². The molecular weight excluding hydrogens is 424 g/mol. The third-order valence-corrected chi connectivity index (χ3v) is 4.90. The summed E-state index contributed by atoms with van der Waals surface area (Å²) in [6.45, 7) is 3.58. The first-order valence-corrected chi connectivity index (χ1v) is 9.51. The van der Waals surface area contributed by atoms with Crippen molar-refractivity contribution in [3.05, 3.63) is 64.1 Å². The first-order valence-electron chi connectivity index (χ1n) is 8.72. The van der Waals surface area contributed by atoms with Gasteiger partial charge in [0, 0.05) is 10.2 Å². The predicted molar refractivity (Wildman–Crippen MR) is 111 cm³/mol. The maximum atomic E-state index is 12.7. The Hall–Kier alpha value is -2.67. The molecule has 0 saturated heterocycles. The molecule has 2 amide bonds. The molecule has 0 bridgehead atoms. The number of nitrogens with one attached hydrogen (secondary N) is 2. The van der Waals surface area contributed by atoms with Crippen molar-refractivity contribution in [1.82, 2.24) is 5.32 Å². The van der Waals surface area contributed by atoms with Crippen LogP contribution in [-0.2, 0) is 31.0 Å². The summed E-state index contributed by atoms with van der Waals surface area (Å²) in [7, 11) is 1.26. The molecule has 2 N–H and O–H groups in total. The van der Waals surface area contributed by atoms with Gasteiger partial charge in [-0.3, -0.25) is 14.4 Å². The number of amides is 2. The zero-order valence-corrected chi connectivity index (χ0v) is 17.6. The summed E-state index contributed by atoms with van der Waals surface area (Å²) in [6, 6.07) is 14.7. The van der Waals surface area contributed by atoms with Gasteiger partial charge < -0.3 is 15.4 Å². The molecule has 6 nitrogen and oxygen atoms in total. The minimum Gasteiger partial charge on any atom is -0.468 e. The monoisotopic (exact) mass is 446 g/mol. The van der Waals surface area contributed by atoms with Crippen molar-refractivity contribution in [2.75, 3.05) is 19.0 Å². The van der Waals surface area contributed by atoms with E-state index in [0.717, 1.165) is 15.6 Å². The van der Waals surface area contributed by atoms with Crippen molar-refractivity contribution in [2.24, 2.45) is 0 Å². The first kappa shape index (κ1) is 21.6. The van der Waals surface area contributed by atoms with Gasteiger partial charge in [0.1, 0.15) is 6.54 Å². The van der Waals surface area contributed by atoms with Crippen LogP contribution in [0.25, 0.3) is 0 Å². The van der Waals surface area contributed by atoms with E-state index in [1.807, 2.05) is 38.1 Å². The van der Waals surface area contributed by atoms with Gasteiger partial charge in [0.2, 0.25) is 11.8 Å². The van der Waals surface area contributed by atoms with Gasteiger partial charge >= 0.3 is 5.97 Å². The molecule has 0 aliphatic heterocycles. The van der Waals surface area contributed by atoms with Crippen molar-refractivity contribution >= 4 is 39.4 Å². The molecule has 0 atom stereocenters. The molecule has 148 valence electrons. The largest absolute Gasteiger partial charge is 0.468 e. The van der Waals surface area contributed by atoms with Crippen LogP contribution in [0.1, 0.15) is 25.0 Å². The zero-order chi connectivity index (χ0) is 20.7. The van der Waals surface area contributed by atoms with Crippen LogP contribution >= 0.6 is 15.9 Å². The van der Waals surface area contributed by atoms with E-state index in [9.17, 15) is 14.4 Å². The molecule has 0 radical (unpaired) electrons. The number of esters is 1. The van der Waals surface area contributed by atoms with Gasteiger partial charge in [-0.15, -0.1) is 0 Å².